The Hall–Kier alpha value is -1.96. The van der Waals surface area contributed by atoms with E-state index in [-0.39, 0.29) is 11.8 Å². The van der Waals surface area contributed by atoms with Crippen LogP contribution in [0.1, 0.15) is 33.6 Å². The normalized spacial score (nSPS) is 19.2. The van der Waals surface area contributed by atoms with E-state index in [4.69, 9.17) is 14.2 Å². The minimum atomic E-state index is -0.485. The van der Waals surface area contributed by atoms with Crippen molar-refractivity contribution < 1.29 is 23.8 Å². The van der Waals surface area contributed by atoms with Crippen molar-refractivity contribution in [2.75, 3.05) is 46.6 Å². The van der Waals surface area contributed by atoms with E-state index in [2.05, 4.69) is 5.32 Å². The molecule has 1 N–H and O–H groups in total. The van der Waals surface area contributed by atoms with Gasteiger partial charge in [-0.2, -0.15) is 0 Å². The van der Waals surface area contributed by atoms with E-state index in [0.29, 0.717) is 63.4 Å². The highest BCUT2D eigenvalue weighted by molar-refractivity contribution is 5.97. The Bertz CT molecular complexity index is 600. The quantitative estimate of drug-likeness (QED) is 0.805. The fourth-order valence-corrected chi connectivity index (χ4v) is 3.15. The van der Waals surface area contributed by atoms with Gasteiger partial charge in [0.15, 0.2) is 5.79 Å². The summed E-state index contributed by atoms with van der Waals surface area (Å²) in [5, 5.41) is 2.75. The molecule has 0 atom stereocenters. The first-order valence-corrected chi connectivity index (χ1v) is 8.58. The maximum absolute atomic E-state index is 12.6. The Morgan fingerprint density at radius 2 is 1.72 bits per heavy atom. The molecule has 7 heteroatoms. The van der Waals surface area contributed by atoms with E-state index in [9.17, 15) is 9.59 Å². The van der Waals surface area contributed by atoms with Crippen LogP contribution in [0.15, 0.2) is 24.3 Å². The molecule has 2 aliphatic rings. The molecule has 0 radical (unpaired) electrons. The molecule has 0 saturated carbocycles. The summed E-state index contributed by atoms with van der Waals surface area (Å²) in [5.74, 6) is -0.688. The first kappa shape index (κ1) is 17.8. The maximum atomic E-state index is 12.6. The molecule has 1 aromatic rings. The van der Waals surface area contributed by atoms with Crippen LogP contribution in [0.25, 0.3) is 0 Å². The molecular formula is C18H24N2O5. The van der Waals surface area contributed by atoms with E-state index < -0.39 is 5.79 Å². The van der Waals surface area contributed by atoms with Gasteiger partial charge in [-0.15, -0.1) is 0 Å². The largest absolute Gasteiger partial charge is 0.383 e. The number of methoxy groups -OCH3 is 1. The molecule has 2 saturated heterocycles. The Morgan fingerprint density at radius 1 is 1.12 bits per heavy atom. The van der Waals surface area contributed by atoms with E-state index in [1.165, 1.54) is 0 Å². The molecule has 0 unspecified atom stereocenters. The van der Waals surface area contributed by atoms with Gasteiger partial charge in [0.2, 0.25) is 0 Å². The third-order valence-corrected chi connectivity index (χ3v) is 4.61. The number of carbonyl (C=O) groups is 2. The smallest absolute Gasteiger partial charge is 0.253 e. The first-order chi connectivity index (χ1) is 12.1. The summed E-state index contributed by atoms with van der Waals surface area (Å²) in [6.45, 7) is 3.39. The minimum Gasteiger partial charge on any atom is -0.383 e. The van der Waals surface area contributed by atoms with Crippen LogP contribution in [0.5, 0.6) is 0 Å². The zero-order valence-electron chi connectivity index (χ0n) is 14.5. The number of amides is 2. The summed E-state index contributed by atoms with van der Waals surface area (Å²) in [6.07, 6.45) is 1.39. The van der Waals surface area contributed by atoms with Crippen LogP contribution in [0.4, 0.5) is 0 Å². The van der Waals surface area contributed by atoms with Gasteiger partial charge in [0, 0.05) is 50.7 Å². The lowest BCUT2D eigenvalue weighted by Gasteiger charge is -2.37. The minimum absolute atomic E-state index is 0.0285. The summed E-state index contributed by atoms with van der Waals surface area (Å²) >= 11 is 0. The molecular weight excluding hydrogens is 324 g/mol. The molecule has 2 fully saturated rings. The Balaban J connectivity index is 1.55. The van der Waals surface area contributed by atoms with Gasteiger partial charge in [0.1, 0.15) is 0 Å². The number of benzene rings is 1. The highest BCUT2D eigenvalue weighted by Crippen LogP contribution is 2.31. The van der Waals surface area contributed by atoms with Crippen molar-refractivity contribution in [2.24, 2.45) is 0 Å². The summed E-state index contributed by atoms with van der Waals surface area (Å²) in [4.78, 5) is 26.4. The molecule has 1 aromatic carbocycles. The second-order valence-corrected chi connectivity index (χ2v) is 6.23. The molecule has 0 aromatic heterocycles. The van der Waals surface area contributed by atoms with Crippen molar-refractivity contribution in [3.05, 3.63) is 35.4 Å². The van der Waals surface area contributed by atoms with E-state index in [1.54, 1.807) is 31.4 Å². The topological polar surface area (TPSA) is 77.1 Å². The number of nitrogens with zero attached hydrogens (tertiary/aromatic N) is 1. The maximum Gasteiger partial charge on any atom is 0.253 e. The summed E-state index contributed by atoms with van der Waals surface area (Å²) < 4.78 is 16.3. The van der Waals surface area contributed by atoms with Crippen molar-refractivity contribution >= 4 is 11.8 Å². The zero-order valence-corrected chi connectivity index (χ0v) is 14.5. The van der Waals surface area contributed by atoms with Crippen molar-refractivity contribution in [3.8, 4) is 0 Å². The Labute approximate surface area is 147 Å². The monoisotopic (exact) mass is 348 g/mol. The van der Waals surface area contributed by atoms with E-state index >= 15 is 0 Å². The standard InChI is InChI=1S/C18H24N2O5/c1-23-11-8-19-16(21)14-2-4-15(5-3-14)17(22)20-9-6-18(7-10-20)24-12-13-25-18/h2-5H,6-13H2,1H3,(H,19,21). The van der Waals surface area contributed by atoms with E-state index in [1.807, 2.05) is 4.90 Å². The predicted octanol–water partition coefficient (Wildman–Crippen LogP) is 1.04. The molecule has 0 bridgehead atoms. The van der Waals surface area contributed by atoms with Gasteiger partial charge in [0.05, 0.1) is 19.8 Å². The summed E-state index contributed by atoms with van der Waals surface area (Å²) in [5.41, 5.74) is 1.11. The van der Waals surface area contributed by atoms with Gasteiger partial charge in [-0.3, -0.25) is 9.59 Å². The average molecular weight is 348 g/mol. The van der Waals surface area contributed by atoms with Gasteiger partial charge < -0.3 is 24.4 Å². The first-order valence-electron chi connectivity index (χ1n) is 8.58. The number of carbonyl (C=O) groups excluding carboxylic acids is 2. The zero-order chi connectivity index (χ0) is 17.7. The van der Waals surface area contributed by atoms with Crippen molar-refractivity contribution in [3.63, 3.8) is 0 Å². The van der Waals surface area contributed by atoms with Crippen LogP contribution in [0.2, 0.25) is 0 Å². The van der Waals surface area contributed by atoms with Gasteiger partial charge in [0.25, 0.3) is 11.8 Å². The van der Waals surface area contributed by atoms with Crippen molar-refractivity contribution in [2.45, 2.75) is 18.6 Å². The summed E-state index contributed by atoms with van der Waals surface area (Å²) in [6, 6.07) is 6.73. The van der Waals surface area contributed by atoms with Crippen molar-refractivity contribution in [1.29, 1.82) is 0 Å². The third-order valence-electron chi connectivity index (χ3n) is 4.61. The molecule has 2 aliphatic heterocycles. The van der Waals surface area contributed by atoms with Crippen LogP contribution >= 0.6 is 0 Å². The number of piperidine rings is 1. The number of rotatable bonds is 5. The molecule has 25 heavy (non-hydrogen) atoms. The number of nitrogens with one attached hydrogen (secondary N) is 1. The molecule has 2 amide bonds. The number of likely N-dealkylation sites (tertiary alicyclic amines) is 1. The van der Waals surface area contributed by atoms with Crippen LogP contribution in [0.3, 0.4) is 0 Å². The van der Waals surface area contributed by atoms with Crippen LogP contribution in [0, 0.1) is 0 Å². The van der Waals surface area contributed by atoms with Crippen LogP contribution in [-0.4, -0.2) is 69.1 Å². The molecule has 0 aliphatic carbocycles. The lowest BCUT2D eigenvalue weighted by molar-refractivity contribution is -0.181. The third kappa shape index (κ3) is 4.18. The van der Waals surface area contributed by atoms with Gasteiger partial charge in [-0.05, 0) is 24.3 Å². The molecule has 2 heterocycles. The Kier molecular flexibility index (Phi) is 5.67. The van der Waals surface area contributed by atoms with E-state index in [0.717, 1.165) is 0 Å². The average Bonchev–Trinajstić information content (AvgIpc) is 3.10. The van der Waals surface area contributed by atoms with Gasteiger partial charge in [-0.1, -0.05) is 0 Å². The van der Waals surface area contributed by atoms with Crippen molar-refractivity contribution in [1.82, 2.24) is 10.2 Å². The lowest BCUT2D eigenvalue weighted by atomic mass is 10.0. The number of ether oxygens (including phenoxy) is 3. The predicted molar refractivity (Wildman–Crippen MR) is 90.4 cm³/mol. The van der Waals surface area contributed by atoms with Gasteiger partial charge in [-0.25, -0.2) is 0 Å². The Morgan fingerprint density at radius 3 is 2.32 bits per heavy atom. The molecule has 3 rings (SSSR count). The van der Waals surface area contributed by atoms with Crippen LogP contribution in [-0.2, 0) is 14.2 Å². The fourth-order valence-electron chi connectivity index (χ4n) is 3.15. The van der Waals surface area contributed by atoms with Crippen LogP contribution < -0.4 is 5.32 Å². The second kappa shape index (κ2) is 7.95. The van der Waals surface area contributed by atoms with Gasteiger partial charge >= 0.3 is 0 Å². The fraction of sp³-hybridized carbons (Fsp3) is 0.556. The molecule has 136 valence electrons. The summed E-state index contributed by atoms with van der Waals surface area (Å²) in [7, 11) is 1.58. The molecule has 1 spiro atoms. The second-order valence-electron chi connectivity index (χ2n) is 6.23. The molecule has 7 nitrogen and oxygen atoms in total. The number of hydrogen-bond donors (Lipinski definition) is 1. The SMILES string of the molecule is COCCNC(=O)c1ccc(C(=O)N2CCC3(CC2)OCCO3)cc1. The highest BCUT2D eigenvalue weighted by atomic mass is 16.7. The lowest BCUT2D eigenvalue weighted by Crippen LogP contribution is -2.47. The number of hydrogen-bond acceptors (Lipinski definition) is 5. The highest BCUT2D eigenvalue weighted by Gasteiger charge is 2.40.